The van der Waals surface area contributed by atoms with Crippen LogP contribution in [-0.2, 0) is 9.53 Å². The number of ether oxygens (including phenoxy) is 1. The maximum absolute atomic E-state index is 12.5. The molecule has 2 fully saturated rings. The Morgan fingerprint density at radius 2 is 1.91 bits per heavy atom. The minimum absolute atomic E-state index is 0.0681. The lowest BCUT2D eigenvalue weighted by molar-refractivity contribution is -0.151. The van der Waals surface area contributed by atoms with Crippen LogP contribution in [0.25, 0.3) is 0 Å². The van der Waals surface area contributed by atoms with Crippen LogP contribution in [0.3, 0.4) is 0 Å². The molecule has 23 heavy (non-hydrogen) atoms. The van der Waals surface area contributed by atoms with E-state index in [9.17, 15) is 4.79 Å². The second kappa shape index (κ2) is 7.45. The molecule has 0 amide bonds. The number of piperidine rings is 1. The van der Waals surface area contributed by atoms with Crippen LogP contribution in [0, 0.1) is 0 Å². The van der Waals surface area contributed by atoms with Crippen LogP contribution in [0.1, 0.15) is 39.0 Å². The molecule has 1 aromatic rings. The van der Waals surface area contributed by atoms with Crippen molar-refractivity contribution in [3.05, 3.63) is 29.3 Å². The first-order valence-electron chi connectivity index (χ1n) is 8.41. The number of benzene rings is 1. The minimum atomic E-state index is -0.145. The van der Waals surface area contributed by atoms with Crippen molar-refractivity contribution < 1.29 is 9.53 Å². The van der Waals surface area contributed by atoms with Crippen LogP contribution < -0.4 is 0 Å². The van der Waals surface area contributed by atoms with E-state index in [4.69, 9.17) is 16.3 Å². The molecule has 1 unspecified atom stereocenters. The van der Waals surface area contributed by atoms with E-state index in [1.165, 1.54) is 12.8 Å². The SMILES string of the molecule is CC[C@@H](Sc1ccc(Cl)cc1)C(=O)OC1C[C@H]2CC[C@@H](C1)N2C. The molecule has 2 saturated heterocycles. The molecule has 3 nitrogen and oxygen atoms in total. The predicted molar refractivity (Wildman–Crippen MR) is 95.1 cm³/mol. The first-order valence-corrected chi connectivity index (χ1v) is 9.67. The first kappa shape index (κ1) is 17.1. The quantitative estimate of drug-likeness (QED) is 0.580. The van der Waals surface area contributed by atoms with Crippen LogP contribution in [0.2, 0.25) is 5.02 Å². The molecule has 0 aliphatic carbocycles. The van der Waals surface area contributed by atoms with E-state index in [2.05, 4.69) is 11.9 Å². The standard InChI is InChI=1S/C18H24ClNO2S/c1-3-17(23-16-8-4-12(19)5-9-16)18(21)22-15-10-13-6-7-14(11-15)20(13)2/h4-5,8-9,13-15,17H,3,6-7,10-11H2,1-2H3/t13-,14+,15?,17-/m1/s1. The van der Waals surface area contributed by atoms with Crippen molar-refractivity contribution in [2.24, 2.45) is 0 Å². The smallest absolute Gasteiger partial charge is 0.319 e. The molecule has 3 rings (SSSR count). The third kappa shape index (κ3) is 4.04. The summed E-state index contributed by atoms with van der Waals surface area (Å²) in [7, 11) is 2.20. The molecule has 0 saturated carbocycles. The number of fused-ring (bicyclic) bond motifs is 2. The summed E-state index contributed by atoms with van der Waals surface area (Å²) in [6, 6.07) is 8.82. The molecule has 0 radical (unpaired) electrons. The number of nitrogens with zero attached hydrogens (tertiary/aromatic N) is 1. The lowest BCUT2D eigenvalue weighted by Gasteiger charge is -2.36. The number of carbonyl (C=O) groups excluding carboxylic acids is 1. The van der Waals surface area contributed by atoms with Crippen LogP contribution in [0.4, 0.5) is 0 Å². The van der Waals surface area contributed by atoms with Crippen molar-refractivity contribution in [3.63, 3.8) is 0 Å². The number of hydrogen-bond acceptors (Lipinski definition) is 4. The van der Waals surface area contributed by atoms with Crippen LogP contribution >= 0.6 is 23.4 Å². The van der Waals surface area contributed by atoms with Gasteiger partial charge in [-0.05, 0) is 63.4 Å². The maximum atomic E-state index is 12.5. The van der Waals surface area contributed by atoms with Gasteiger partial charge in [0.25, 0.3) is 0 Å². The zero-order valence-corrected chi connectivity index (χ0v) is 15.3. The number of thioether (sulfide) groups is 1. The van der Waals surface area contributed by atoms with Crippen molar-refractivity contribution in [2.45, 2.75) is 67.4 Å². The fraction of sp³-hybridized carbons (Fsp3) is 0.611. The highest BCUT2D eigenvalue weighted by atomic mass is 35.5. The zero-order valence-electron chi connectivity index (χ0n) is 13.7. The minimum Gasteiger partial charge on any atom is -0.461 e. The van der Waals surface area contributed by atoms with E-state index in [0.29, 0.717) is 17.1 Å². The number of carbonyl (C=O) groups is 1. The van der Waals surface area contributed by atoms with E-state index in [-0.39, 0.29) is 17.3 Å². The average molecular weight is 354 g/mol. The largest absolute Gasteiger partial charge is 0.461 e. The Hall–Kier alpha value is -0.710. The van der Waals surface area contributed by atoms with E-state index in [0.717, 1.165) is 24.2 Å². The van der Waals surface area contributed by atoms with Gasteiger partial charge < -0.3 is 9.64 Å². The molecule has 2 aliphatic heterocycles. The highest BCUT2D eigenvalue weighted by Gasteiger charge is 2.40. The highest BCUT2D eigenvalue weighted by molar-refractivity contribution is 8.00. The fourth-order valence-electron chi connectivity index (χ4n) is 3.67. The molecule has 0 spiro atoms. The summed E-state index contributed by atoms with van der Waals surface area (Å²) in [5.41, 5.74) is 0. The summed E-state index contributed by atoms with van der Waals surface area (Å²) in [4.78, 5) is 16.1. The Morgan fingerprint density at radius 1 is 1.30 bits per heavy atom. The molecule has 0 aromatic heterocycles. The van der Waals surface area contributed by atoms with Gasteiger partial charge in [0.1, 0.15) is 11.4 Å². The van der Waals surface area contributed by atoms with Crippen LogP contribution in [0.15, 0.2) is 29.2 Å². The van der Waals surface area contributed by atoms with Crippen molar-refractivity contribution in [1.29, 1.82) is 0 Å². The molecule has 2 aliphatic rings. The number of hydrogen-bond donors (Lipinski definition) is 0. The molecular weight excluding hydrogens is 330 g/mol. The van der Waals surface area contributed by atoms with Gasteiger partial charge in [-0.25, -0.2) is 0 Å². The van der Waals surface area contributed by atoms with Gasteiger partial charge in [-0.15, -0.1) is 11.8 Å². The maximum Gasteiger partial charge on any atom is 0.319 e. The lowest BCUT2D eigenvalue weighted by atomic mass is 10.0. The van der Waals surface area contributed by atoms with Crippen molar-refractivity contribution in [2.75, 3.05) is 7.05 Å². The van der Waals surface area contributed by atoms with Gasteiger partial charge in [0, 0.05) is 22.0 Å². The van der Waals surface area contributed by atoms with Crippen molar-refractivity contribution >= 4 is 29.3 Å². The Kier molecular flexibility index (Phi) is 5.55. The molecule has 2 bridgehead atoms. The van der Waals surface area contributed by atoms with E-state index < -0.39 is 0 Å². The number of halogens is 1. The van der Waals surface area contributed by atoms with Gasteiger partial charge in [0.2, 0.25) is 0 Å². The number of esters is 1. The monoisotopic (exact) mass is 353 g/mol. The summed E-state index contributed by atoms with van der Waals surface area (Å²) < 4.78 is 5.86. The zero-order chi connectivity index (χ0) is 16.4. The van der Waals surface area contributed by atoms with Gasteiger partial charge in [0.15, 0.2) is 0 Å². The molecular formula is C18H24ClNO2S. The topological polar surface area (TPSA) is 29.5 Å². The fourth-order valence-corrected chi connectivity index (χ4v) is 4.74. The predicted octanol–water partition coefficient (Wildman–Crippen LogP) is 4.38. The normalized spacial score (nSPS) is 28.6. The van der Waals surface area contributed by atoms with Crippen molar-refractivity contribution in [1.82, 2.24) is 4.90 Å². The lowest BCUT2D eigenvalue weighted by Crippen LogP contribution is -2.44. The van der Waals surface area contributed by atoms with Gasteiger partial charge in [0.05, 0.1) is 0 Å². The summed E-state index contributed by atoms with van der Waals surface area (Å²) in [5.74, 6) is -0.0681. The van der Waals surface area contributed by atoms with E-state index in [1.807, 2.05) is 31.2 Å². The molecule has 5 heteroatoms. The van der Waals surface area contributed by atoms with E-state index in [1.54, 1.807) is 11.8 Å². The summed E-state index contributed by atoms with van der Waals surface area (Å²) in [6.45, 7) is 2.03. The highest BCUT2D eigenvalue weighted by Crippen LogP contribution is 2.36. The second-order valence-corrected chi connectivity index (χ2v) is 8.26. The molecule has 1 aromatic carbocycles. The molecule has 4 atom stereocenters. The Bertz CT molecular complexity index is 536. The van der Waals surface area contributed by atoms with Crippen molar-refractivity contribution in [3.8, 4) is 0 Å². The van der Waals surface area contributed by atoms with Crippen LogP contribution in [0.5, 0.6) is 0 Å². The Balaban J connectivity index is 1.56. The molecule has 0 N–H and O–H groups in total. The summed E-state index contributed by atoms with van der Waals surface area (Å²) >= 11 is 7.48. The van der Waals surface area contributed by atoms with Gasteiger partial charge in [-0.3, -0.25) is 4.79 Å². The molecule has 2 heterocycles. The van der Waals surface area contributed by atoms with Crippen LogP contribution in [-0.4, -0.2) is 41.4 Å². The molecule has 126 valence electrons. The number of rotatable bonds is 5. The Labute approximate surface area is 147 Å². The third-order valence-corrected chi connectivity index (χ3v) is 6.67. The van der Waals surface area contributed by atoms with E-state index >= 15 is 0 Å². The average Bonchev–Trinajstić information content (AvgIpc) is 2.75. The van der Waals surface area contributed by atoms with Gasteiger partial charge in [-0.1, -0.05) is 18.5 Å². The van der Waals surface area contributed by atoms with Gasteiger partial charge in [-0.2, -0.15) is 0 Å². The third-order valence-electron chi connectivity index (χ3n) is 5.06. The second-order valence-electron chi connectivity index (χ2n) is 6.55. The first-order chi connectivity index (χ1) is 11.1. The summed E-state index contributed by atoms with van der Waals surface area (Å²) in [5, 5.41) is 0.570. The summed E-state index contributed by atoms with van der Waals surface area (Å²) in [6.07, 6.45) is 5.32. The van der Waals surface area contributed by atoms with Gasteiger partial charge >= 0.3 is 5.97 Å². The Morgan fingerprint density at radius 3 is 2.48 bits per heavy atom.